The Morgan fingerprint density at radius 1 is 1.11 bits per heavy atom. The van der Waals surface area contributed by atoms with Crippen LogP contribution in [0.25, 0.3) is 11.3 Å². The highest BCUT2D eigenvalue weighted by molar-refractivity contribution is 5.60. The largest absolute Gasteiger partial charge is 0.338 e. The van der Waals surface area contributed by atoms with Gasteiger partial charge in [-0.05, 0) is 25.1 Å². The summed E-state index contributed by atoms with van der Waals surface area (Å²) >= 11 is 0. The van der Waals surface area contributed by atoms with Crippen molar-refractivity contribution in [3.05, 3.63) is 36.3 Å². The van der Waals surface area contributed by atoms with E-state index in [9.17, 15) is 0 Å². The molecular weight excluding hydrogens is 238 g/mol. The molecule has 0 amide bonds. The highest BCUT2D eigenvalue weighted by Crippen LogP contribution is 2.20. The van der Waals surface area contributed by atoms with Crippen LogP contribution >= 0.6 is 0 Å². The molecule has 0 atom stereocenters. The van der Waals surface area contributed by atoms with E-state index >= 15 is 0 Å². The summed E-state index contributed by atoms with van der Waals surface area (Å²) in [5, 5.41) is 3.34. The van der Waals surface area contributed by atoms with Gasteiger partial charge >= 0.3 is 0 Å². The fraction of sp³-hybridized carbons (Fsp3) is 0.357. The second kappa shape index (κ2) is 5.32. The van der Waals surface area contributed by atoms with Gasteiger partial charge in [0, 0.05) is 49.8 Å². The molecule has 1 aliphatic heterocycles. The van der Waals surface area contributed by atoms with Crippen molar-refractivity contribution < 1.29 is 0 Å². The molecule has 3 rings (SSSR count). The number of hydrogen-bond acceptors (Lipinski definition) is 5. The van der Waals surface area contributed by atoms with Gasteiger partial charge in [-0.1, -0.05) is 0 Å². The molecule has 2 aromatic rings. The lowest BCUT2D eigenvalue weighted by Crippen LogP contribution is -2.44. The second-order valence-electron chi connectivity index (χ2n) is 4.67. The Labute approximate surface area is 112 Å². The first kappa shape index (κ1) is 12.0. The molecule has 5 heteroatoms. The van der Waals surface area contributed by atoms with E-state index in [1.807, 2.05) is 25.1 Å². The maximum absolute atomic E-state index is 4.69. The van der Waals surface area contributed by atoms with Gasteiger partial charge in [-0.3, -0.25) is 4.98 Å². The molecule has 0 bridgehead atoms. The Balaban J connectivity index is 1.96. The van der Waals surface area contributed by atoms with Gasteiger partial charge in [-0.15, -0.1) is 0 Å². The molecule has 3 heterocycles. The van der Waals surface area contributed by atoms with Crippen LogP contribution in [0, 0.1) is 6.92 Å². The van der Waals surface area contributed by atoms with Gasteiger partial charge in [0.15, 0.2) is 0 Å². The predicted molar refractivity (Wildman–Crippen MR) is 75.1 cm³/mol. The summed E-state index contributed by atoms with van der Waals surface area (Å²) in [6.07, 6.45) is 3.58. The van der Waals surface area contributed by atoms with E-state index in [-0.39, 0.29) is 0 Å². The first-order chi connectivity index (χ1) is 9.33. The van der Waals surface area contributed by atoms with Gasteiger partial charge in [-0.2, -0.15) is 0 Å². The summed E-state index contributed by atoms with van der Waals surface area (Å²) in [5.74, 6) is 0.827. The van der Waals surface area contributed by atoms with Gasteiger partial charge in [0.1, 0.15) is 0 Å². The van der Waals surface area contributed by atoms with E-state index in [1.54, 1.807) is 12.4 Å². The summed E-state index contributed by atoms with van der Waals surface area (Å²) < 4.78 is 0. The van der Waals surface area contributed by atoms with Crippen molar-refractivity contribution in [2.24, 2.45) is 0 Å². The van der Waals surface area contributed by atoms with Gasteiger partial charge < -0.3 is 10.2 Å². The van der Waals surface area contributed by atoms with Crippen LogP contribution in [0.2, 0.25) is 0 Å². The maximum atomic E-state index is 4.69. The maximum Gasteiger partial charge on any atom is 0.226 e. The van der Waals surface area contributed by atoms with Crippen molar-refractivity contribution in [1.29, 1.82) is 0 Å². The highest BCUT2D eigenvalue weighted by atomic mass is 15.3. The molecular formula is C14H17N5. The van der Waals surface area contributed by atoms with Gasteiger partial charge in [-0.25, -0.2) is 9.97 Å². The summed E-state index contributed by atoms with van der Waals surface area (Å²) in [6, 6.07) is 5.97. The Hall–Kier alpha value is -2.01. The molecule has 0 saturated carbocycles. The normalized spacial score (nSPS) is 15.5. The van der Waals surface area contributed by atoms with Crippen molar-refractivity contribution in [2.75, 3.05) is 31.1 Å². The lowest BCUT2D eigenvalue weighted by atomic mass is 10.2. The first-order valence-corrected chi connectivity index (χ1v) is 6.55. The lowest BCUT2D eigenvalue weighted by Gasteiger charge is -2.27. The molecule has 0 spiro atoms. The topological polar surface area (TPSA) is 53.9 Å². The van der Waals surface area contributed by atoms with Crippen LogP contribution in [0.3, 0.4) is 0 Å². The van der Waals surface area contributed by atoms with Gasteiger partial charge in [0.05, 0.1) is 5.69 Å². The van der Waals surface area contributed by atoms with E-state index in [0.29, 0.717) is 0 Å². The van der Waals surface area contributed by atoms with Crippen LogP contribution in [0.4, 0.5) is 5.95 Å². The number of rotatable bonds is 2. The van der Waals surface area contributed by atoms with Crippen LogP contribution in [-0.4, -0.2) is 41.1 Å². The van der Waals surface area contributed by atoms with Crippen LogP contribution < -0.4 is 10.2 Å². The average Bonchev–Trinajstić information content (AvgIpc) is 2.48. The molecule has 0 radical (unpaired) electrons. The number of piperazine rings is 1. The van der Waals surface area contributed by atoms with E-state index in [4.69, 9.17) is 0 Å². The molecule has 0 aliphatic carbocycles. The van der Waals surface area contributed by atoms with E-state index < -0.39 is 0 Å². The van der Waals surface area contributed by atoms with Crippen molar-refractivity contribution in [1.82, 2.24) is 20.3 Å². The third-order valence-electron chi connectivity index (χ3n) is 3.22. The van der Waals surface area contributed by atoms with Crippen LogP contribution in [0.15, 0.2) is 30.6 Å². The zero-order chi connectivity index (χ0) is 13.1. The summed E-state index contributed by atoms with van der Waals surface area (Å²) in [6.45, 7) is 5.90. The fourth-order valence-electron chi connectivity index (χ4n) is 2.23. The smallest absolute Gasteiger partial charge is 0.226 e. The van der Waals surface area contributed by atoms with Gasteiger partial charge in [0.2, 0.25) is 5.95 Å². The number of nitrogens with one attached hydrogen (secondary N) is 1. The van der Waals surface area contributed by atoms with Crippen molar-refractivity contribution in [3.8, 4) is 11.3 Å². The quantitative estimate of drug-likeness (QED) is 0.875. The molecule has 0 aromatic carbocycles. The van der Waals surface area contributed by atoms with Crippen LogP contribution in [0.5, 0.6) is 0 Å². The second-order valence-corrected chi connectivity index (χ2v) is 4.67. The number of aromatic nitrogens is 3. The number of aryl methyl sites for hydroxylation is 1. The molecule has 0 unspecified atom stereocenters. The Kier molecular flexibility index (Phi) is 3.37. The summed E-state index contributed by atoms with van der Waals surface area (Å²) in [7, 11) is 0. The molecule has 1 saturated heterocycles. The monoisotopic (exact) mass is 255 g/mol. The number of pyridine rings is 1. The summed E-state index contributed by atoms with van der Waals surface area (Å²) in [4.78, 5) is 15.5. The number of hydrogen-bond donors (Lipinski definition) is 1. The van der Waals surface area contributed by atoms with E-state index in [2.05, 4.69) is 25.2 Å². The van der Waals surface area contributed by atoms with Crippen LogP contribution in [-0.2, 0) is 0 Å². The van der Waals surface area contributed by atoms with E-state index in [0.717, 1.165) is 49.1 Å². The average molecular weight is 255 g/mol. The standard InChI is InChI=1S/C14H17N5/c1-11-10-13(12-2-4-15-5-3-12)18-14(17-11)19-8-6-16-7-9-19/h2-5,10,16H,6-9H2,1H3. The van der Waals surface area contributed by atoms with Crippen molar-refractivity contribution in [2.45, 2.75) is 6.92 Å². The molecule has 1 fully saturated rings. The van der Waals surface area contributed by atoms with E-state index in [1.165, 1.54) is 0 Å². The minimum atomic E-state index is 0.827. The minimum Gasteiger partial charge on any atom is -0.338 e. The first-order valence-electron chi connectivity index (χ1n) is 6.55. The molecule has 98 valence electrons. The van der Waals surface area contributed by atoms with Crippen molar-refractivity contribution in [3.63, 3.8) is 0 Å². The zero-order valence-electron chi connectivity index (χ0n) is 11.0. The summed E-state index contributed by atoms with van der Waals surface area (Å²) in [5.41, 5.74) is 3.04. The Bertz CT molecular complexity index is 549. The molecule has 1 aliphatic rings. The van der Waals surface area contributed by atoms with Crippen LogP contribution in [0.1, 0.15) is 5.69 Å². The third-order valence-corrected chi connectivity index (χ3v) is 3.22. The lowest BCUT2D eigenvalue weighted by molar-refractivity contribution is 0.579. The molecule has 19 heavy (non-hydrogen) atoms. The zero-order valence-corrected chi connectivity index (χ0v) is 11.0. The SMILES string of the molecule is Cc1cc(-c2ccncc2)nc(N2CCNCC2)n1. The number of anilines is 1. The minimum absolute atomic E-state index is 0.827. The predicted octanol–water partition coefficient (Wildman–Crippen LogP) is 1.26. The molecule has 5 nitrogen and oxygen atoms in total. The number of nitrogens with zero attached hydrogens (tertiary/aromatic N) is 4. The Morgan fingerprint density at radius 3 is 2.58 bits per heavy atom. The highest BCUT2D eigenvalue weighted by Gasteiger charge is 2.14. The third kappa shape index (κ3) is 2.71. The fourth-order valence-corrected chi connectivity index (χ4v) is 2.23. The molecule has 2 aromatic heterocycles. The molecule has 1 N–H and O–H groups in total. The van der Waals surface area contributed by atoms with Crippen molar-refractivity contribution >= 4 is 5.95 Å². The van der Waals surface area contributed by atoms with Gasteiger partial charge in [0.25, 0.3) is 0 Å². The Morgan fingerprint density at radius 2 is 1.84 bits per heavy atom.